The third-order valence-electron chi connectivity index (χ3n) is 6.13. The molecule has 4 aromatic rings. The van der Waals surface area contributed by atoms with Gasteiger partial charge in [-0.1, -0.05) is 12.1 Å². The van der Waals surface area contributed by atoms with Crippen LogP contribution in [0.15, 0.2) is 42.7 Å². The van der Waals surface area contributed by atoms with Crippen molar-refractivity contribution >= 4 is 22.7 Å². The topological polar surface area (TPSA) is 114 Å². The summed E-state index contributed by atoms with van der Waals surface area (Å²) in [6, 6.07) is 11.7. The van der Waals surface area contributed by atoms with Gasteiger partial charge in [0.15, 0.2) is 0 Å². The maximum absolute atomic E-state index is 5.92. The van der Waals surface area contributed by atoms with Gasteiger partial charge in [-0.05, 0) is 54.7 Å². The van der Waals surface area contributed by atoms with Crippen LogP contribution in [0.2, 0.25) is 0 Å². The number of nitrogen functional groups attached to an aromatic ring is 1. The second kappa shape index (κ2) is 8.58. The Morgan fingerprint density at radius 1 is 1.19 bits per heavy atom. The van der Waals surface area contributed by atoms with Crippen LogP contribution in [0, 0.1) is 0 Å². The first-order valence-corrected chi connectivity index (χ1v) is 11.1. The SMILES string of the molecule is CC1CCC(CN(C)c2cccc(Cn3cc(Cc4cc(N)nc5n[nH]nc45)cn3)c2)N1. The number of hydrogen-bond donors (Lipinski definition) is 3. The Kier molecular flexibility index (Phi) is 5.48. The average molecular weight is 432 g/mol. The molecule has 0 amide bonds. The van der Waals surface area contributed by atoms with Crippen molar-refractivity contribution < 1.29 is 0 Å². The summed E-state index contributed by atoms with van der Waals surface area (Å²) in [6.07, 6.45) is 7.14. The molecule has 1 aliphatic rings. The lowest BCUT2D eigenvalue weighted by Crippen LogP contribution is -2.37. The summed E-state index contributed by atoms with van der Waals surface area (Å²) in [5.74, 6) is 0.442. The van der Waals surface area contributed by atoms with E-state index in [1.165, 1.54) is 24.1 Å². The van der Waals surface area contributed by atoms with E-state index in [1.54, 1.807) is 0 Å². The highest BCUT2D eigenvalue weighted by Crippen LogP contribution is 2.21. The molecule has 3 aromatic heterocycles. The zero-order valence-electron chi connectivity index (χ0n) is 18.5. The van der Waals surface area contributed by atoms with Crippen LogP contribution in [0.25, 0.3) is 11.2 Å². The molecule has 0 aliphatic carbocycles. The summed E-state index contributed by atoms with van der Waals surface area (Å²) in [6.45, 7) is 4.00. The third-order valence-corrected chi connectivity index (χ3v) is 6.13. The predicted octanol–water partition coefficient (Wildman–Crippen LogP) is 2.35. The van der Waals surface area contributed by atoms with Crippen LogP contribution in [0.4, 0.5) is 11.5 Å². The average Bonchev–Trinajstić information content (AvgIpc) is 3.50. The van der Waals surface area contributed by atoms with E-state index in [9.17, 15) is 0 Å². The van der Waals surface area contributed by atoms with Gasteiger partial charge >= 0.3 is 0 Å². The van der Waals surface area contributed by atoms with E-state index in [4.69, 9.17) is 5.73 Å². The lowest BCUT2D eigenvalue weighted by atomic mass is 10.1. The molecule has 1 aromatic carbocycles. The van der Waals surface area contributed by atoms with Crippen molar-refractivity contribution in [3.8, 4) is 0 Å². The Morgan fingerprint density at radius 2 is 2.09 bits per heavy atom. The Hall–Kier alpha value is -3.46. The molecule has 0 bridgehead atoms. The van der Waals surface area contributed by atoms with E-state index < -0.39 is 0 Å². The van der Waals surface area contributed by atoms with Crippen LogP contribution >= 0.6 is 0 Å². The van der Waals surface area contributed by atoms with Gasteiger partial charge in [-0.2, -0.15) is 15.4 Å². The van der Waals surface area contributed by atoms with Crippen LogP contribution < -0.4 is 16.0 Å². The van der Waals surface area contributed by atoms with Crippen LogP contribution in [-0.4, -0.2) is 55.9 Å². The Morgan fingerprint density at radius 3 is 2.94 bits per heavy atom. The number of fused-ring (bicyclic) bond motifs is 1. The van der Waals surface area contributed by atoms with Crippen molar-refractivity contribution in [3.05, 3.63) is 59.4 Å². The zero-order valence-corrected chi connectivity index (χ0v) is 18.5. The fourth-order valence-corrected chi connectivity index (χ4v) is 4.54. The number of nitrogens with zero attached hydrogens (tertiary/aromatic N) is 6. The molecule has 5 rings (SSSR count). The van der Waals surface area contributed by atoms with E-state index in [2.05, 4.69) is 80.1 Å². The minimum absolute atomic E-state index is 0.442. The van der Waals surface area contributed by atoms with E-state index in [-0.39, 0.29) is 0 Å². The summed E-state index contributed by atoms with van der Waals surface area (Å²) in [5.41, 5.74) is 11.7. The molecule has 32 heavy (non-hydrogen) atoms. The molecular weight excluding hydrogens is 402 g/mol. The molecular formula is C23H29N9. The second-order valence-corrected chi connectivity index (χ2v) is 8.82. The molecule has 2 atom stereocenters. The van der Waals surface area contributed by atoms with Gasteiger partial charge < -0.3 is 16.0 Å². The van der Waals surface area contributed by atoms with Gasteiger partial charge in [-0.3, -0.25) is 4.68 Å². The monoisotopic (exact) mass is 431 g/mol. The number of anilines is 2. The summed E-state index contributed by atoms with van der Waals surface area (Å²) >= 11 is 0. The number of hydrogen-bond acceptors (Lipinski definition) is 7. The van der Waals surface area contributed by atoms with E-state index in [0.29, 0.717) is 30.0 Å². The van der Waals surface area contributed by atoms with Crippen molar-refractivity contribution in [2.45, 2.75) is 44.8 Å². The molecule has 0 spiro atoms. The summed E-state index contributed by atoms with van der Waals surface area (Å²) in [7, 11) is 2.17. The van der Waals surface area contributed by atoms with Crippen molar-refractivity contribution in [1.29, 1.82) is 0 Å². The minimum Gasteiger partial charge on any atom is -0.384 e. The minimum atomic E-state index is 0.442. The maximum Gasteiger partial charge on any atom is 0.203 e. The van der Waals surface area contributed by atoms with Gasteiger partial charge in [-0.25, -0.2) is 4.98 Å². The Balaban J connectivity index is 1.26. The van der Waals surface area contributed by atoms with Crippen LogP contribution in [-0.2, 0) is 13.0 Å². The van der Waals surface area contributed by atoms with Gasteiger partial charge in [0.05, 0.1) is 12.7 Å². The van der Waals surface area contributed by atoms with Gasteiger partial charge in [0, 0.05) is 44.0 Å². The molecule has 0 saturated carbocycles. The summed E-state index contributed by atoms with van der Waals surface area (Å²) in [5, 5.41) is 19.1. The quantitative estimate of drug-likeness (QED) is 0.412. The van der Waals surface area contributed by atoms with Crippen LogP contribution in [0.3, 0.4) is 0 Å². The largest absolute Gasteiger partial charge is 0.384 e. The van der Waals surface area contributed by atoms with Gasteiger partial charge in [0.1, 0.15) is 11.3 Å². The molecule has 4 N–H and O–H groups in total. The number of benzene rings is 1. The van der Waals surface area contributed by atoms with Crippen molar-refractivity contribution in [2.24, 2.45) is 0 Å². The van der Waals surface area contributed by atoms with Gasteiger partial charge in [-0.15, -0.1) is 5.10 Å². The molecule has 2 unspecified atom stereocenters. The highest BCUT2D eigenvalue weighted by molar-refractivity contribution is 5.76. The first-order valence-electron chi connectivity index (χ1n) is 11.1. The molecule has 9 heteroatoms. The first kappa shape index (κ1) is 20.4. The van der Waals surface area contributed by atoms with Crippen molar-refractivity contribution in [2.75, 3.05) is 24.2 Å². The van der Waals surface area contributed by atoms with Gasteiger partial charge in [0.2, 0.25) is 5.65 Å². The van der Waals surface area contributed by atoms with Gasteiger partial charge in [0.25, 0.3) is 0 Å². The van der Waals surface area contributed by atoms with Crippen LogP contribution in [0.1, 0.15) is 36.5 Å². The molecule has 9 nitrogen and oxygen atoms in total. The highest BCUT2D eigenvalue weighted by atomic mass is 15.3. The standard InChI is InChI=1S/C23H29N9/c1-15-6-7-19(26-15)14-31(2)20-5-3-4-16(9-20)12-32-13-17(11-25-32)8-18-10-21(24)27-23-22(18)28-30-29-23/h3-5,9-11,13,15,19,26H,6-8,12,14H2,1-2H3,(H3,24,27,28,29,30). The highest BCUT2D eigenvalue weighted by Gasteiger charge is 2.21. The first-order chi connectivity index (χ1) is 15.5. The smallest absolute Gasteiger partial charge is 0.203 e. The Bertz CT molecular complexity index is 1210. The fourth-order valence-electron chi connectivity index (χ4n) is 4.54. The lowest BCUT2D eigenvalue weighted by Gasteiger charge is -2.24. The number of aromatic amines is 1. The van der Waals surface area contributed by atoms with E-state index in [0.717, 1.165) is 29.7 Å². The van der Waals surface area contributed by atoms with Crippen molar-refractivity contribution in [3.63, 3.8) is 0 Å². The predicted molar refractivity (Wildman–Crippen MR) is 126 cm³/mol. The molecule has 1 fully saturated rings. The number of H-pyrrole nitrogens is 1. The summed E-state index contributed by atoms with van der Waals surface area (Å²) < 4.78 is 1.97. The van der Waals surface area contributed by atoms with Crippen molar-refractivity contribution in [1.82, 2.24) is 35.5 Å². The third kappa shape index (κ3) is 4.43. The lowest BCUT2D eigenvalue weighted by molar-refractivity contribution is 0.558. The number of likely N-dealkylation sites (N-methyl/N-ethyl adjacent to an activating group) is 1. The van der Waals surface area contributed by atoms with Crippen LogP contribution in [0.5, 0.6) is 0 Å². The number of aromatic nitrogens is 6. The van der Waals surface area contributed by atoms with E-state index >= 15 is 0 Å². The number of pyridine rings is 1. The Labute approximate surface area is 187 Å². The van der Waals surface area contributed by atoms with E-state index in [1.807, 2.05) is 16.9 Å². The molecule has 1 aliphatic heterocycles. The molecule has 1 saturated heterocycles. The fraction of sp³-hybridized carbons (Fsp3) is 0.391. The molecule has 4 heterocycles. The number of rotatable bonds is 7. The second-order valence-electron chi connectivity index (χ2n) is 8.82. The zero-order chi connectivity index (χ0) is 22.1. The number of nitrogens with two attached hydrogens (primary N) is 1. The molecule has 166 valence electrons. The molecule has 0 radical (unpaired) electrons. The summed E-state index contributed by atoms with van der Waals surface area (Å²) in [4.78, 5) is 6.54. The normalized spacial score (nSPS) is 18.4. The maximum atomic E-state index is 5.92. The number of nitrogens with one attached hydrogen (secondary N) is 2.